The first kappa shape index (κ1) is 15.0. The third kappa shape index (κ3) is 3.59. The zero-order valence-corrected chi connectivity index (χ0v) is 10.6. The van der Waals surface area contributed by atoms with E-state index in [-0.39, 0.29) is 18.5 Å². The summed E-state index contributed by atoms with van der Waals surface area (Å²) in [6.45, 7) is 0.151. The molecule has 8 heteroatoms. The van der Waals surface area contributed by atoms with Crippen molar-refractivity contribution >= 4 is 17.5 Å². The van der Waals surface area contributed by atoms with Crippen LogP contribution in [-0.4, -0.2) is 30.4 Å². The van der Waals surface area contributed by atoms with E-state index in [0.29, 0.717) is 0 Å². The summed E-state index contributed by atoms with van der Waals surface area (Å²) in [5.41, 5.74) is -0.188. The molecular formula is C13H10F3NO4. The molecule has 0 aliphatic carbocycles. The summed E-state index contributed by atoms with van der Waals surface area (Å²) in [7, 11) is 0. The maximum atomic E-state index is 12.1. The Hall–Kier alpha value is -2.38. The molecule has 0 bridgehead atoms. The van der Waals surface area contributed by atoms with Gasteiger partial charge in [-0.1, -0.05) is 12.1 Å². The van der Waals surface area contributed by atoms with Crippen molar-refractivity contribution in [2.75, 3.05) is 6.54 Å². The van der Waals surface area contributed by atoms with Crippen LogP contribution in [0.4, 0.5) is 13.2 Å². The van der Waals surface area contributed by atoms with Crippen LogP contribution in [0.5, 0.6) is 5.75 Å². The molecule has 0 saturated carbocycles. The molecule has 1 aliphatic rings. The molecule has 1 saturated heterocycles. The van der Waals surface area contributed by atoms with Gasteiger partial charge in [0.15, 0.2) is 17.5 Å². The SMILES string of the molecule is O=C1CCNC(=O)C1C(=O)c1cccc(OC(F)(F)F)c1. The molecule has 1 aliphatic heterocycles. The second-order valence-corrected chi connectivity index (χ2v) is 4.38. The highest BCUT2D eigenvalue weighted by atomic mass is 19.4. The lowest BCUT2D eigenvalue weighted by molar-refractivity contribution is -0.274. The topological polar surface area (TPSA) is 72.5 Å². The Kier molecular flexibility index (Phi) is 3.97. The summed E-state index contributed by atoms with van der Waals surface area (Å²) >= 11 is 0. The lowest BCUT2D eigenvalue weighted by Crippen LogP contribution is -2.46. The van der Waals surface area contributed by atoms with Crippen molar-refractivity contribution in [1.82, 2.24) is 5.32 Å². The first-order valence-electron chi connectivity index (χ1n) is 5.98. The summed E-state index contributed by atoms with van der Waals surface area (Å²) in [6, 6.07) is 4.28. The lowest BCUT2D eigenvalue weighted by Gasteiger charge is -2.19. The fourth-order valence-electron chi connectivity index (χ4n) is 1.98. The number of hydrogen-bond acceptors (Lipinski definition) is 4. The smallest absolute Gasteiger partial charge is 0.406 e. The van der Waals surface area contributed by atoms with E-state index in [1.54, 1.807) is 0 Å². The van der Waals surface area contributed by atoms with E-state index in [1.807, 2.05) is 0 Å². The van der Waals surface area contributed by atoms with Crippen molar-refractivity contribution in [3.05, 3.63) is 29.8 Å². The van der Waals surface area contributed by atoms with Gasteiger partial charge in [0, 0.05) is 18.5 Å². The van der Waals surface area contributed by atoms with Gasteiger partial charge in [0.1, 0.15) is 5.75 Å². The normalized spacial score (nSPS) is 19.1. The number of benzene rings is 1. The summed E-state index contributed by atoms with van der Waals surface area (Å²) < 4.78 is 40.1. The summed E-state index contributed by atoms with van der Waals surface area (Å²) in [4.78, 5) is 35.3. The van der Waals surface area contributed by atoms with E-state index >= 15 is 0 Å². The van der Waals surface area contributed by atoms with Crippen molar-refractivity contribution in [3.8, 4) is 5.75 Å². The number of halogens is 3. The van der Waals surface area contributed by atoms with Gasteiger partial charge in [0.2, 0.25) is 5.91 Å². The number of hydrogen-bond donors (Lipinski definition) is 1. The highest BCUT2D eigenvalue weighted by molar-refractivity contribution is 6.24. The Bertz CT molecular complexity index is 581. The zero-order valence-electron chi connectivity index (χ0n) is 10.6. The van der Waals surface area contributed by atoms with Crippen LogP contribution in [0, 0.1) is 5.92 Å². The maximum Gasteiger partial charge on any atom is 0.573 e. The van der Waals surface area contributed by atoms with Gasteiger partial charge >= 0.3 is 6.36 Å². The van der Waals surface area contributed by atoms with Crippen LogP contribution in [0.25, 0.3) is 0 Å². The number of ketones is 2. The second-order valence-electron chi connectivity index (χ2n) is 4.38. The predicted molar refractivity (Wildman–Crippen MR) is 63.6 cm³/mol. The summed E-state index contributed by atoms with van der Waals surface area (Å²) in [6.07, 6.45) is -4.87. The molecule has 1 amide bonds. The molecule has 21 heavy (non-hydrogen) atoms. The number of carbonyl (C=O) groups excluding carboxylic acids is 3. The lowest BCUT2D eigenvalue weighted by atomic mass is 9.89. The van der Waals surface area contributed by atoms with Gasteiger partial charge in [-0.15, -0.1) is 13.2 Å². The molecule has 112 valence electrons. The molecule has 1 atom stereocenters. The fourth-order valence-corrected chi connectivity index (χ4v) is 1.98. The molecule has 1 aromatic rings. The average Bonchev–Trinajstić information content (AvgIpc) is 2.36. The highest BCUT2D eigenvalue weighted by Gasteiger charge is 2.37. The van der Waals surface area contributed by atoms with Crippen molar-refractivity contribution in [3.63, 3.8) is 0 Å². The zero-order chi connectivity index (χ0) is 15.6. The Labute approximate surface area is 117 Å². The van der Waals surface area contributed by atoms with Crippen LogP contribution < -0.4 is 10.1 Å². The van der Waals surface area contributed by atoms with E-state index in [4.69, 9.17) is 0 Å². The number of Topliss-reactive ketones (excluding diaryl/α,β-unsaturated/α-hetero) is 2. The number of amides is 1. The maximum absolute atomic E-state index is 12.1. The number of carbonyl (C=O) groups is 3. The number of rotatable bonds is 3. The fraction of sp³-hybridized carbons (Fsp3) is 0.308. The summed E-state index contributed by atoms with van der Waals surface area (Å²) in [5.74, 6) is -4.23. The van der Waals surface area contributed by atoms with Crippen LogP contribution in [-0.2, 0) is 9.59 Å². The molecule has 0 radical (unpaired) electrons. The molecule has 2 rings (SSSR count). The first-order chi connectivity index (χ1) is 9.78. The molecule has 1 aromatic carbocycles. The minimum Gasteiger partial charge on any atom is -0.406 e. The highest BCUT2D eigenvalue weighted by Crippen LogP contribution is 2.25. The van der Waals surface area contributed by atoms with Crippen molar-refractivity contribution < 1.29 is 32.3 Å². The largest absolute Gasteiger partial charge is 0.573 e. The number of alkyl halides is 3. The number of piperidine rings is 1. The minimum atomic E-state index is -4.89. The molecular weight excluding hydrogens is 291 g/mol. The quantitative estimate of drug-likeness (QED) is 0.678. The van der Waals surface area contributed by atoms with E-state index in [2.05, 4.69) is 10.1 Å². The van der Waals surface area contributed by atoms with Crippen LogP contribution in [0.3, 0.4) is 0 Å². The summed E-state index contributed by atoms with van der Waals surface area (Å²) in [5, 5.41) is 2.37. The van der Waals surface area contributed by atoms with Crippen molar-refractivity contribution in [2.45, 2.75) is 12.8 Å². The Morgan fingerprint density at radius 3 is 2.62 bits per heavy atom. The molecule has 0 aromatic heterocycles. The molecule has 1 N–H and O–H groups in total. The molecule has 1 unspecified atom stereocenters. The van der Waals surface area contributed by atoms with Crippen LogP contribution in [0.1, 0.15) is 16.8 Å². The number of ether oxygens (including phenoxy) is 1. The molecule has 1 heterocycles. The third-order valence-electron chi connectivity index (χ3n) is 2.87. The molecule has 0 spiro atoms. The minimum absolute atomic E-state index is 0.0148. The van der Waals surface area contributed by atoms with Gasteiger partial charge in [0.05, 0.1) is 0 Å². The molecule has 1 fully saturated rings. The number of nitrogens with one attached hydrogen (secondary N) is 1. The van der Waals surface area contributed by atoms with E-state index in [9.17, 15) is 27.6 Å². The van der Waals surface area contributed by atoms with Crippen molar-refractivity contribution in [2.24, 2.45) is 5.92 Å². The van der Waals surface area contributed by atoms with Crippen molar-refractivity contribution in [1.29, 1.82) is 0 Å². The van der Waals surface area contributed by atoms with Crippen LogP contribution in [0.15, 0.2) is 24.3 Å². The van der Waals surface area contributed by atoms with Gasteiger partial charge in [-0.25, -0.2) is 0 Å². The Balaban J connectivity index is 2.25. The van der Waals surface area contributed by atoms with E-state index in [1.165, 1.54) is 12.1 Å². The van der Waals surface area contributed by atoms with Gasteiger partial charge in [0.25, 0.3) is 0 Å². The van der Waals surface area contributed by atoms with Crippen LogP contribution in [0.2, 0.25) is 0 Å². The van der Waals surface area contributed by atoms with Crippen LogP contribution >= 0.6 is 0 Å². The van der Waals surface area contributed by atoms with Gasteiger partial charge < -0.3 is 10.1 Å². The standard InChI is InChI=1S/C13H10F3NO4/c14-13(15,16)21-8-3-1-2-7(6-8)11(19)10-9(18)4-5-17-12(10)20/h1-3,6,10H,4-5H2,(H,17,20). The Morgan fingerprint density at radius 1 is 1.29 bits per heavy atom. The van der Waals surface area contributed by atoms with Gasteiger partial charge in [-0.05, 0) is 12.1 Å². The van der Waals surface area contributed by atoms with Gasteiger partial charge in [-0.2, -0.15) is 0 Å². The third-order valence-corrected chi connectivity index (χ3v) is 2.87. The monoisotopic (exact) mass is 301 g/mol. The second kappa shape index (κ2) is 5.55. The predicted octanol–water partition coefficient (Wildman–Crippen LogP) is 1.47. The average molecular weight is 301 g/mol. The van der Waals surface area contributed by atoms with E-state index < -0.39 is 35.5 Å². The Morgan fingerprint density at radius 2 is 2.00 bits per heavy atom. The van der Waals surface area contributed by atoms with E-state index in [0.717, 1.165) is 12.1 Å². The first-order valence-corrected chi connectivity index (χ1v) is 5.98. The van der Waals surface area contributed by atoms with Gasteiger partial charge in [-0.3, -0.25) is 14.4 Å². The molecule has 5 nitrogen and oxygen atoms in total.